The van der Waals surface area contributed by atoms with Crippen LogP contribution in [-0.4, -0.2) is 34.7 Å². The number of rotatable bonds is 4. The van der Waals surface area contributed by atoms with Gasteiger partial charge in [0.25, 0.3) is 11.8 Å². The molecule has 2 aliphatic heterocycles. The van der Waals surface area contributed by atoms with Gasteiger partial charge in [-0.1, -0.05) is 48.3 Å². The fourth-order valence-electron chi connectivity index (χ4n) is 4.10. The van der Waals surface area contributed by atoms with E-state index in [2.05, 4.69) is 6.92 Å². The van der Waals surface area contributed by atoms with E-state index in [1.54, 1.807) is 30.3 Å². The second-order valence-corrected chi connectivity index (χ2v) is 8.71. The van der Waals surface area contributed by atoms with Crippen LogP contribution in [0.25, 0.3) is 5.57 Å². The molecule has 1 fully saturated rings. The summed E-state index contributed by atoms with van der Waals surface area (Å²) in [5, 5.41) is 0.780. The third-order valence-corrected chi connectivity index (χ3v) is 6.12. The molecule has 1 unspecified atom stereocenters. The number of halogens is 3. The molecular formula is C23H21Cl2FN2O2. The van der Waals surface area contributed by atoms with E-state index in [1.165, 1.54) is 17.0 Å². The zero-order chi connectivity index (χ0) is 21.4. The van der Waals surface area contributed by atoms with Gasteiger partial charge in [0, 0.05) is 23.7 Å². The van der Waals surface area contributed by atoms with Crippen molar-refractivity contribution in [2.24, 2.45) is 5.92 Å². The molecule has 2 aromatic carbocycles. The molecule has 0 saturated carbocycles. The number of imide groups is 1. The van der Waals surface area contributed by atoms with Gasteiger partial charge in [-0.25, -0.2) is 4.39 Å². The number of hydrogen-bond acceptors (Lipinski definition) is 3. The predicted octanol–water partition coefficient (Wildman–Crippen LogP) is 5.14. The SMILES string of the molecule is CC1CCCN(C2=C(c3ccc(Cl)cc3Cl)C(=O)N(Cc3ccc(F)cc3)C2=O)C1. The molecule has 0 aliphatic carbocycles. The van der Waals surface area contributed by atoms with Gasteiger partial charge in [0.15, 0.2) is 0 Å². The summed E-state index contributed by atoms with van der Waals surface area (Å²) in [5.74, 6) is -0.698. The Morgan fingerprint density at radius 2 is 1.80 bits per heavy atom. The van der Waals surface area contributed by atoms with E-state index in [9.17, 15) is 14.0 Å². The van der Waals surface area contributed by atoms with Crippen LogP contribution in [-0.2, 0) is 16.1 Å². The van der Waals surface area contributed by atoms with E-state index in [0.717, 1.165) is 12.8 Å². The number of piperidine rings is 1. The predicted molar refractivity (Wildman–Crippen MR) is 115 cm³/mol. The third-order valence-electron chi connectivity index (χ3n) is 5.57. The first-order chi connectivity index (χ1) is 14.3. The smallest absolute Gasteiger partial charge is 0.278 e. The highest BCUT2D eigenvalue weighted by Gasteiger charge is 2.42. The van der Waals surface area contributed by atoms with Gasteiger partial charge in [0.2, 0.25) is 0 Å². The summed E-state index contributed by atoms with van der Waals surface area (Å²) >= 11 is 12.5. The molecule has 4 rings (SSSR count). The van der Waals surface area contributed by atoms with Crippen molar-refractivity contribution in [3.05, 3.63) is 75.2 Å². The van der Waals surface area contributed by atoms with Crippen molar-refractivity contribution in [3.63, 3.8) is 0 Å². The van der Waals surface area contributed by atoms with E-state index in [1.807, 2.05) is 4.90 Å². The molecule has 0 bridgehead atoms. The molecule has 0 N–H and O–H groups in total. The highest BCUT2D eigenvalue weighted by molar-refractivity contribution is 6.41. The van der Waals surface area contributed by atoms with Gasteiger partial charge in [-0.3, -0.25) is 14.5 Å². The number of nitrogens with zero attached hydrogens (tertiary/aromatic N) is 2. The lowest BCUT2D eigenvalue weighted by Crippen LogP contribution is -2.39. The first-order valence-electron chi connectivity index (χ1n) is 9.90. The summed E-state index contributed by atoms with van der Waals surface area (Å²) in [5.41, 5.74) is 1.86. The lowest BCUT2D eigenvalue weighted by atomic mass is 9.97. The minimum atomic E-state index is -0.401. The number of carbonyl (C=O) groups excluding carboxylic acids is 2. The van der Waals surface area contributed by atoms with E-state index >= 15 is 0 Å². The van der Waals surface area contributed by atoms with Gasteiger partial charge >= 0.3 is 0 Å². The molecule has 2 aliphatic rings. The Balaban J connectivity index is 1.76. The van der Waals surface area contributed by atoms with Crippen molar-refractivity contribution in [1.82, 2.24) is 9.80 Å². The van der Waals surface area contributed by atoms with Crippen LogP contribution in [0, 0.1) is 11.7 Å². The summed E-state index contributed by atoms with van der Waals surface area (Å²) in [4.78, 5) is 30.0. The third kappa shape index (κ3) is 3.96. The topological polar surface area (TPSA) is 40.6 Å². The van der Waals surface area contributed by atoms with Crippen LogP contribution in [0.3, 0.4) is 0 Å². The maximum absolute atomic E-state index is 13.4. The molecule has 156 valence electrons. The summed E-state index contributed by atoms with van der Waals surface area (Å²) in [7, 11) is 0. The van der Waals surface area contributed by atoms with Gasteiger partial charge in [-0.05, 0) is 48.6 Å². The van der Waals surface area contributed by atoms with Crippen LogP contribution in [0.15, 0.2) is 48.2 Å². The summed E-state index contributed by atoms with van der Waals surface area (Å²) in [6.07, 6.45) is 2.04. The molecule has 7 heteroatoms. The minimum absolute atomic E-state index is 0.0690. The quantitative estimate of drug-likeness (QED) is 0.610. The number of carbonyl (C=O) groups is 2. The Morgan fingerprint density at radius 3 is 2.47 bits per heavy atom. The molecule has 2 amide bonds. The van der Waals surface area contributed by atoms with E-state index in [0.29, 0.717) is 51.4 Å². The molecular weight excluding hydrogens is 426 g/mol. The normalized spacial score (nSPS) is 19.8. The molecule has 1 saturated heterocycles. The second-order valence-electron chi connectivity index (χ2n) is 7.86. The summed E-state index contributed by atoms with van der Waals surface area (Å²) in [6.45, 7) is 3.62. The monoisotopic (exact) mass is 446 g/mol. The van der Waals surface area contributed by atoms with Gasteiger partial charge < -0.3 is 4.90 Å². The molecule has 30 heavy (non-hydrogen) atoms. The van der Waals surface area contributed by atoms with Crippen molar-refractivity contribution in [2.45, 2.75) is 26.3 Å². The van der Waals surface area contributed by atoms with Gasteiger partial charge in [0.1, 0.15) is 11.5 Å². The zero-order valence-electron chi connectivity index (χ0n) is 16.5. The van der Waals surface area contributed by atoms with Gasteiger partial charge in [-0.15, -0.1) is 0 Å². The molecule has 0 radical (unpaired) electrons. The lowest BCUT2D eigenvalue weighted by Gasteiger charge is -2.33. The standard InChI is InChI=1S/C23H21Cl2FN2O2/c1-14-3-2-10-27(12-14)21-20(18-9-6-16(24)11-19(18)25)22(29)28(23(21)30)13-15-4-7-17(26)8-5-15/h4-9,11,14H,2-3,10,12-13H2,1H3. The van der Waals surface area contributed by atoms with Crippen LogP contribution >= 0.6 is 23.2 Å². The highest BCUT2D eigenvalue weighted by atomic mass is 35.5. The average molecular weight is 447 g/mol. The second kappa shape index (κ2) is 8.40. The van der Waals surface area contributed by atoms with Gasteiger partial charge in [0.05, 0.1) is 17.1 Å². The number of hydrogen-bond donors (Lipinski definition) is 0. The van der Waals surface area contributed by atoms with Gasteiger partial charge in [-0.2, -0.15) is 0 Å². The molecule has 4 nitrogen and oxygen atoms in total. The number of likely N-dealkylation sites (tertiary alicyclic amines) is 1. The van der Waals surface area contributed by atoms with Crippen molar-refractivity contribution in [1.29, 1.82) is 0 Å². The van der Waals surface area contributed by atoms with E-state index in [-0.39, 0.29) is 18.3 Å². The molecule has 1 atom stereocenters. The fourth-order valence-corrected chi connectivity index (χ4v) is 4.60. The maximum Gasteiger partial charge on any atom is 0.278 e. The van der Waals surface area contributed by atoms with Crippen LogP contribution in [0.1, 0.15) is 30.9 Å². The van der Waals surface area contributed by atoms with E-state index in [4.69, 9.17) is 23.2 Å². The Kier molecular flexibility index (Phi) is 5.85. The Hall–Kier alpha value is -2.37. The maximum atomic E-state index is 13.4. The first kappa shape index (κ1) is 20.9. The first-order valence-corrected chi connectivity index (χ1v) is 10.7. The molecule has 0 aromatic heterocycles. The number of amides is 2. The van der Waals surface area contributed by atoms with Crippen molar-refractivity contribution in [2.75, 3.05) is 13.1 Å². The highest BCUT2D eigenvalue weighted by Crippen LogP contribution is 2.38. The van der Waals surface area contributed by atoms with Crippen molar-refractivity contribution < 1.29 is 14.0 Å². The molecule has 2 heterocycles. The lowest BCUT2D eigenvalue weighted by molar-refractivity contribution is -0.138. The zero-order valence-corrected chi connectivity index (χ0v) is 18.0. The largest absolute Gasteiger partial charge is 0.366 e. The fraction of sp³-hybridized carbons (Fsp3) is 0.304. The average Bonchev–Trinajstić information content (AvgIpc) is 2.94. The van der Waals surface area contributed by atoms with E-state index < -0.39 is 5.91 Å². The van der Waals surface area contributed by atoms with Crippen LogP contribution in [0.5, 0.6) is 0 Å². The van der Waals surface area contributed by atoms with Crippen molar-refractivity contribution in [3.8, 4) is 0 Å². The molecule has 2 aromatic rings. The van der Waals surface area contributed by atoms with Crippen LogP contribution in [0.2, 0.25) is 10.0 Å². The Labute approximate surface area is 184 Å². The van der Waals surface area contributed by atoms with Crippen LogP contribution in [0.4, 0.5) is 4.39 Å². The summed E-state index contributed by atoms with van der Waals surface area (Å²) in [6, 6.07) is 10.7. The Morgan fingerprint density at radius 1 is 1.07 bits per heavy atom. The minimum Gasteiger partial charge on any atom is -0.366 e. The van der Waals surface area contributed by atoms with Crippen molar-refractivity contribution >= 4 is 40.6 Å². The van der Waals surface area contributed by atoms with Crippen LogP contribution < -0.4 is 0 Å². The summed E-state index contributed by atoms with van der Waals surface area (Å²) < 4.78 is 13.3. The molecule has 0 spiro atoms. The Bertz CT molecular complexity index is 1040. The number of benzene rings is 2.